The summed E-state index contributed by atoms with van der Waals surface area (Å²) in [6.45, 7) is -0.0618. The van der Waals surface area contributed by atoms with Crippen molar-refractivity contribution in [2.45, 2.75) is 44.6 Å². The molecule has 0 radical (unpaired) electrons. The normalized spacial score (nSPS) is 15.9. The number of hydrogen-bond donors (Lipinski definition) is 1. The third-order valence-electron chi connectivity index (χ3n) is 4.70. The number of rotatable bonds is 4. The smallest absolute Gasteiger partial charge is 0.258 e. The van der Waals surface area contributed by atoms with E-state index in [2.05, 4.69) is 5.32 Å². The summed E-state index contributed by atoms with van der Waals surface area (Å²) in [6, 6.07) is 9.24. The fraction of sp³-hybridized carbons (Fsp3) is 0.474. The summed E-state index contributed by atoms with van der Waals surface area (Å²) in [5.74, 6) is 0.344. The number of aryl methyl sites for hydroxylation is 1. The Kier molecular flexibility index (Phi) is 5.18. The van der Waals surface area contributed by atoms with Crippen molar-refractivity contribution in [2.75, 3.05) is 6.61 Å². The van der Waals surface area contributed by atoms with Crippen LogP contribution in [0.5, 0.6) is 5.75 Å². The molecule has 0 bridgehead atoms. The fourth-order valence-electron chi connectivity index (χ4n) is 3.34. The molecule has 3 rings (SSSR count). The van der Waals surface area contributed by atoms with E-state index in [0.717, 1.165) is 23.7 Å². The summed E-state index contributed by atoms with van der Waals surface area (Å²) >= 11 is 0. The first kappa shape index (κ1) is 16.6. The Morgan fingerprint density at radius 3 is 2.67 bits per heavy atom. The SMILES string of the molecule is Cn1c(=O)cc(OCC(=O)NC2CCCCCC2)c2ccccc21. The van der Waals surface area contributed by atoms with E-state index in [9.17, 15) is 9.59 Å². The Morgan fingerprint density at radius 2 is 1.92 bits per heavy atom. The largest absolute Gasteiger partial charge is 0.483 e. The van der Waals surface area contributed by atoms with Gasteiger partial charge in [0.25, 0.3) is 11.5 Å². The summed E-state index contributed by atoms with van der Waals surface area (Å²) in [5.41, 5.74) is 0.650. The minimum Gasteiger partial charge on any atom is -0.483 e. The quantitative estimate of drug-likeness (QED) is 0.878. The standard InChI is InChI=1S/C19H24N2O3/c1-21-16-11-7-6-10-15(16)17(12-19(21)23)24-13-18(22)20-14-8-4-2-3-5-9-14/h6-7,10-12,14H,2-5,8-9,13H2,1H3,(H,20,22). The highest BCUT2D eigenvalue weighted by Gasteiger charge is 2.15. The van der Waals surface area contributed by atoms with Crippen molar-refractivity contribution >= 4 is 16.8 Å². The molecule has 1 heterocycles. The summed E-state index contributed by atoms with van der Waals surface area (Å²) in [4.78, 5) is 24.2. The van der Waals surface area contributed by atoms with Gasteiger partial charge in [-0.1, -0.05) is 37.8 Å². The summed E-state index contributed by atoms with van der Waals surface area (Å²) in [6.07, 6.45) is 6.93. The van der Waals surface area contributed by atoms with E-state index in [-0.39, 0.29) is 24.1 Å². The minimum atomic E-state index is -0.145. The highest BCUT2D eigenvalue weighted by molar-refractivity contribution is 5.86. The predicted octanol–water partition coefficient (Wildman–Crippen LogP) is 2.76. The molecule has 0 spiro atoms. The van der Waals surface area contributed by atoms with Gasteiger partial charge in [-0.2, -0.15) is 0 Å². The molecule has 0 aliphatic heterocycles. The third-order valence-corrected chi connectivity index (χ3v) is 4.70. The number of pyridine rings is 1. The van der Waals surface area contributed by atoms with Crippen molar-refractivity contribution in [1.82, 2.24) is 9.88 Å². The third kappa shape index (κ3) is 3.78. The summed E-state index contributed by atoms with van der Waals surface area (Å²) in [7, 11) is 1.73. The van der Waals surface area contributed by atoms with E-state index in [1.165, 1.54) is 31.7 Å². The molecule has 128 valence electrons. The van der Waals surface area contributed by atoms with Crippen LogP contribution in [-0.4, -0.2) is 23.1 Å². The topological polar surface area (TPSA) is 60.3 Å². The van der Waals surface area contributed by atoms with Crippen LogP contribution in [-0.2, 0) is 11.8 Å². The van der Waals surface area contributed by atoms with Crippen LogP contribution in [0, 0.1) is 0 Å². The molecule has 1 aromatic carbocycles. The lowest BCUT2D eigenvalue weighted by atomic mass is 10.1. The average molecular weight is 328 g/mol. The maximum absolute atomic E-state index is 12.2. The highest BCUT2D eigenvalue weighted by Crippen LogP contribution is 2.23. The average Bonchev–Trinajstić information content (AvgIpc) is 2.85. The molecule has 1 saturated carbocycles. The lowest BCUT2D eigenvalue weighted by Crippen LogP contribution is -2.37. The molecule has 24 heavy (non-hydrogen) atoms. The van der Waals surface area contributed by atoms with Crippen LogP contribution in [0.1, 0.15) is 38.5 Å². The van der Waals surface area contributed by atoms with Crippen LogP contribution in [0.2, 0.25) is 0 Å². The predicted molar refractivity (Wildman–Crippen MR) is 94.3 cm³/mol. The summed E-state index contributed by atoms with van der Waals surface area (Å²) < 4.78 is 7.24. The van der Waals surface area contributed by atoms with E-state index < -0.39 is 0 Å². The highest BCUT2D eigenvalue weighted by atomic mass is 16.5. The van der Waals surface area contributed by atoms with Crippen LogP contribution in [0.3, 0.4) is 0 Å². The van der Waals surface area contributed by atoms with Crippen molar-refractivity contribution in [3.8, 4) is 5.75 Å². The number of nitrogens with one attached hydrogen (secondary N) is 1. The first-order valence-electron chi connectivity index (χ1n) is 8.66. The van der Waals surface area contributed by atoms with Gasteiger partial charge in [0.2, 0.25) is 0 Å². The number of carbonyl (C=O) groups excluding carboxylic acids is 1. The second kappa shape index (κ2) is 7.51. The number of aromatic nitrogens is 1. The number of benzene rings is 1. The minimum absolute atomic E-state index is 0.0618. The van der Waals surface area contributed by atoms with Crippen LogP contribution in [0.4, 0.5) is 0 Å². The van der Waals surface area contributed by atoms with Crippen molar-refractivity contribution in [2.24, 2.45) is 7.05 Å². The molecule has 1 N–H and O–H groups in total. The van der Waals surface area contributed by atoms with Crippen molar-refractivity contribution in [1.29, 1.82) is 0 Å². The molecule has 1 aliphatic rings. The molecule has 5 nitrogen and oxygen atoms in total. The molecule has 1 aliphatic carbocycles. The lowest BCUT2D eigenvalue weighted by molar-refractivity contribution is -0.123. The Balaban J connectivity index is 1.68. The number of nitrogens with zero attached hydrogens (tertiary/aromatic N) is 1. The van der Waals surface area contributed by atoms with E-state index in [4.69, 9.17) is 4.74 Å². The number of hydrogen-bond acceptors (Lipinski definition) is 3. The Hall–Kier alpha value is -2.30. The molecule has 0 unspecified atom stereocenters. The monoisotopic (exact) mass is 328 g/mol. The molecule has 2 aromatic rings. The number of para-hydroxylation sites is 1. The van der Waals surface area contributed by atoms with Gasteiger partial charge in [-0.3, -0.25) is 9.59 Å². The maximum Gasteiger partial charge on any atom is 0.258 e. The molecule has 0 saturated heterocycles. The van der Waals surface area contributed by atoms with Crippen LogP contribution < -0.4 is 15.6 Å². The molecular weight excluding hydrogens is 304 g/mol. The zero-order valence-electron chi connectivity index (χ0n) is 14.1. The molecule has 1 amide bonds. The second-order valence-electron chi connectivity index (χ2n) is 6.47. The lowest BCUT2D eigenvalue weighted by Gasteiger charge is -2.17. The molecule has 1 aromatic heterocycles. The van der Waals surface area contributed by atoms with Gasteiger partial charge in [0.05, 0.1) is 5.52 Å². The van der Waals surface area contributed by atoms with Gasteiger partial charge in [-0.15, -0.1) is 0 Å². The van der Waals surface area contributed by atoms with Gasteiger partial charge in [-0.25, -0.2) is 0 Å². The Morgan fingerprint density at radius 1 is 1.21 bits per heavy atom. The van der Waals surface area contributed by atoms with Crippen molar-refractivity contribution in [3.63, 3.8) is 0 Å². The van der Waals surface area contributed by atoms with E-state index in [1.54, 1.807) is 11.6 Å². The number of fused-ring (bicyclic) bond motifs is 1. The number of amides is 1. The Labute approximate surface area is 141 Å². The zero-order chi connectivity index (χ0) is 16.9. The zero-order valence-corrected chi connectivity index (χ0v) is 14.1. The van der Waals surface area contributed by atoms with Crippen molar-refractivity contribution < 1.29 is 9.53 Å². The van der Waals surface area contributed by atoms with Crippen LogP contribution >= 0.6 is 0 Å². The number of ether oxygens (including phenoxy) is 1. The Bertz CT molecular complexity index is 774. The molecule has 1 fully saturated rings. The van der Waals surface area contributed by atoms with Gasteiger partial charge in [-0.05, 0) is 25.0 Å². The first-order valence-corrected chi connectivity index (χ1v) is 8.66. The maximum atomic E-state index is 12.2. The van der Waals surface area contributed by atoms with Crippen molar-refractivity contribution in [3.05, 3.63) is 40.7 Å². The van der Waals surface area contributed by atoms with E-state index in [0.29, 0.717) is 5.75 Å². The molecule has 0 atom stereocenters. The van der Waals surface area contributed by atoms with Gasteiger partial charge in [0.15, 0.2) is 6.61 Å². The summed E-state index contributed by atoms with van der Waals surface area (Å²) in [5, 5.41) is 3.89. The fourth-order valence-corrected chi connectivity index (χ4v) is 3.34. The molecule has 5 heteroatoms. The van der Waals surface area contributed by atoms with Gasteiger partial charge >= 0.3 is 0 Å². The van der Waals surface area contributed by atoms with Gasteiger partial charge in [0.1, 0.15) is 5.75 Å². The van der Waals surface area contributed by atoms with Crippen LogP contribution in [0.25, 0.3) is 10.9 Å². The van der Waals surface area contributed by atoms with E-state index in [1.807, 2.05) is 24.3 Å². The van der Waals surface area contributed by atoms with E-state index >= 15 is 0 Å². The van der Waals surface area contributed by atoms with Gasteiger partial charge in [0, 0.05) is 24.5 Å². The number of carbonyl (C=O) groups is 1. The first-order chi connectivity index (χ1) is 11.6. The molecular formula is C19H24N2O3. The van der Waals surface area contributed by atoms with Crippen LogP contribution in [0.15, 0.2) is 35.1 Å². The second-order valence-corrected chi connectivity index (χ2v) is 6.47. The van der Waals surface area contributed by atoms with Gasteiger partial charge < -0.3 is 14.6 Å².